The standard InChI is InChI=1S/C12H22N4/c1-9(10-7-14-16(2)8-10)15-12-5-3-4-11(13)6-12/h7-9,11-12,15H,3-6,13H2,1-2H3. The van der Waals surface area contributed by atoms with Crippen LogP contribution in [0.15, 0.2) is 12.4 Å². The second-order valence-electron chi connectivity index (χ2n) is 4.96. The van der Waals surface area contributed by atoms with Gasteiger partial charge in [0.25, 0.3) is 0 Å². The highest BCUT2D eigenvalue weighted by molar-refractivity contribution is 5.09. The van der Waals surface area contributed by atoms with Gasteiger partial charge in [0.2, 0.25) is 0 Å². The highest BCUT2D eigenvalue weighted by Gasteiger charge is 2.21. The number of hydrogen-bond acceptors (Lipinski definition) is 3. The number of aryl methyl sites for hydroxylation is 1. The van der Waals surface area contributed by atoms with Crippen molar-refractivity contribution in [3.8, 4) is 0 Å². The number of rotatable bonds is 3. The molecule has 1 heterocycles. The fraction of sp³-hybridized carbons (Fsp3) is 0.750. The second kappa shape index (κ2) is 4.97. The van der Waals surface area contributed by atoms with Crippen molar-refractivity contribution in [1.29, 1.82) is 0 Å². The minimum Gasteiger partial charge on any atom is -0.328 e. The van der Waals surface area contributed by atoms with Crippen molar-refractivity contribution < 1.29 is 0 Å². The molecule has 0 aromatic carbocycles. The zero-order chi connectivity index (χ0) is 11.5. The first kappa shape index (κ1) is 11.6. The lowest BCUT2D eigenvalue weighted by Crippen LogP contribution is -2.40. The van der Waals surface area contributed by atoms with Gasteiger partial charge >= 0.3 is 0 Å². The van der Waals surface area contributed by atoms with Crippen LogP contribution in [0.4, 0.5) is 0 Å². The Kier molecular flexibility index (Phi) is 3.61. The summed E-state index contributed by atoms with van der Waals surface area (Å²) in [7, 11) is 1.95. The molecule has 0 saturated heterocycles. The molecule has 2 rings (SSSR count). The molecule has 0 radical (unpaired) electrons. The van der Waals surface area contributed by atoms with E-state index in [0.717, 1.165) is 6.42 Å². The van der Waals surface area contributed by atoms with Crippen LogP contribution in [0.5, 0.6) is 0 Å². The van der Waals surface area contributed by atoms with Crippen molar-refractivity contribution in [2.24, 2.45) is 12.8 Å². The van der Waals surface area contributed by atoms with Gasteiger partial charge in [-0.05, 0) is 26.2 Å². The summed E-state index contributed by atoms with van der Waals surface area (Å²) in [6.45, 7) is 2.19. The molecule has 1 aromatic heterocycles. The highest BCUT2D eigenvalue weighted by Crippen LogP contribution is 2.20. The van der Waals surface area contributed by atoms with Gasteiger partial charge < -0.3 is 11.1 Å². The molecular formula is C12H22N4. The van der Waals surface area contributed by atoms with E-state index in [2.05, 4.69) is 23.5 Å². The van der Waals surface area contributed by atoms with Crippen LogP contribution in [0, 0.1) is 0 Å². The van der Waals surface area contributed by atoms with E-state index in [9.17, 15) is 0 Å². The van der Waals surface area contributed by atoms with Gasteiger partial charge in [0.05, 0.1) is 6.20 Å². The molecule has 1 aliphatic rings. The minimum atomic E-state index is 0.365. The van der Waals surface area contributed by atoms with Crippen LogP contribution in [0.3, 0.4) is 0 Å². The summed E-state index contributed by atoms with van der Waals surface area (Å²) in [5.41, 5.74) is 7.24. The number of nitrogens with two attached hydrogens (primary N) is 1. The molecule has 1 aliphatic carbocycles. The fourth-order valence-corrected chi connectivity index (χ4v) is 2.49. The predicted molar refractivity (Wildman–Crippen MR) is 65.0 cm³/mol. The Hall–Kier alpha value is -0.870. The molecule has 90 valence electrons. The number of nitrogens with one attached hydrogen (secondary N) is 1. The first-order valence-electron chi connectivity index (χ1n) is 6.15. The van der Waals surface area contributed by atoms with E-state index in [-0.39, 0.29) is 0 Å². The van der Waals surface area contributed by atoms with Gasteiger partial charge in [0.1, 0.15) is 0 Å². The molecule has 0 bridgehead atoms. The normalized spacial score (nSPS) is 27.9. The van der Waals surface area contributed by atoms with E-state index >= 15 is 0 Å². The summed E-state index contributed by atoms with van der Waals surface area (Å²) in [5, 5.41) is 7.84. The van der Waals surface area contributed by atoms with Gasteiger partial charge in [-0.1, -0.05) is 6.42 Å². The van der Waals surface area contributed by atoms with Crippen LogP contribution in [0.25, 0.3) is 0 Å². The van der Waals surface area contributed by atoms with E-state index in [4.69, 9.17) is 5.73 Å². The predicted octanol–water partition coefficient (Wildman–Crippen LogP) is 1.34. The lowest BCUT2D eigenvalue weighted by molar-refractivity contribution is 0.319. The quantitative estimate of drug-likeness (QED) is 0.811. The molecule has 3 N–H and O–H groups in total. The number of hydrogen-bond donors (Lipinski definition) is 2. The van der Waals surface area contributed by atoms with E-state index in [0.29, 0.717) is 18.1 Å². The van der Waals surface area contributed by atoms with Gasteiger partial charge in [0, 0.05) is 36.9 Å². The van der Waals surface area contributed by atoms with Crippen LogP contribution in [-0.2, 0) is 7.05 Å². The maximum atomic E-state index is 5.99. The Morgan fingerprint density at radius 2 is 2.38 bits per heavy atom. The number of nitrogens with zero attached hydrogens (tertiary/aromatic N) is 2. The fourth-order valence-electron chi connectivity index (χ4n) is 2.49. The van der Waals surface area contributed by atoms with Crippen molar-refractivity contribution in [3.05, 3.63) is 18.0 Å². The first-order valence-corrected chi connectivity index (χ1v) is 6.15. The Balaban J connectivity index is 1.89. The van der Waals surface area contributed by atoms with Gasteiger partial charge in [-0.2, -0.15) is 5.10 Å². The summed E-state index contributed by atoms with van der Waals surface area (Å²) in [6, 6.07) is 1.32. The van der Waals surface area contributed by atoms with Gasteiger partial charge in [0.15, 0.2) is 0 Å². The molecule has 1 fully saturated rings. The van der Waals surface area contributed by atoms with Gasteiger partial charge in [-0.25, -0.2) is 0 Å². The summed E-state index contributed by atoms with van der Waals surface area (Å²) < 4.78 is 1.85. The monoisotopic (exact) mass is 222 g/mol. The van der Waals surface area contributed by atoms with Crippen molar-refractivity contribution in [2.75, 3.05) is 0 Å². The summed E-state index contributed by atoms with van der Waals surface area (Å²) in [6.07, 6.45) is 8.78. The van der Waals surface area contributed by atoms with Gasteiger partial charge in [-0.3, -0.25) is 4.68 Å². The highest BCUT2D eigenvalue weighted by atomic mass is 15.2. The van der Waals surface area contributed by atoms with E-state index in [1.54, 1.807) is 0 Å². The third kappa shape index (κ3) is 2.83. The lowest BCUT2D eigenvalue weighted by atomic mass is 9.91. The largest absolute Gasteiger partial charge is 0.328 e. The summed E-state index contributed by atoms with van der Waals surface area (Å²) in [4.78, 5) is 0. The smallest absolute Gasteiger partial charge is 0.0537 e. The first-order chi connectivity index (χ1) is 7.65. The van der Waals surface area contributed by atoms with Gasteiger partial charge in [-0.15, -0.1) is 0 Å². The van der Waals surface area contributed by atoms with Crippen LogP contribution in [0.2, 0.25) is 0 Å². The molecule has 1 saturated carbocycles. The molecule has 4 heteroatoms. The summed E-state index contributed by atoms with van der Waals surface area (Å²) in [5.74, 6) is 0. The molecule has 4 nitrogen and oxygen atoms in total. The van der Waals surface area contributed by atoms with Crippen molar-refractivity contribution in [2.45, 2.75) is 50.7 Å². The number of aromatic nitrogens is 2. The Labute approximate surface area is 97.2 Å². The van der Waals surface area contributed by atoms with E-state index in [1.165, 1.54) is 24.8 Å². The maximum Gasteiger partial charge on any atom is 0.0537 e. The van der Waals surface area contributed by atoms with Crippen molar-refractivity contribution in [1.82, 2.24) is 15.1 Å². The zero-order valence-electron chi connectivity index (χ0n) is 10.2. The Morgan fingerprint density at radius 3 is 3.00 bits per heavy atom. The Bertz CT molecular complexity index is 334. The topological polar surface area (TPSA) is 55.9 Å². The maximum absolute atomic E-state index is 5.99. The van der Waals surface area contributed by atoms with Crippen molar-refractivity contribution >= 4 is 0 Å². The van der Waals surface area contributed by atoms with E-state index in [1.807, 2.05) is 17.9 Å². The SMILES string of the molecule is CC(NC1CCCC(N)C1)c1cnn(C)c1. The third-order valence-electron chi connectivity index (χ3n) is 3.43. The Morgan fingerprint density at radius 1 is 1.56 bits per heavy atom. The molecule has 0 aliphatic heterocycles. The van der Waals surface area contributed by atoms with Crippen LogP contribution in [0.1, 0.15) is 44.2 Å². The molecule has 16 heavy (non-hydrogen) atoms. The summed E-state index contributed by atoms with van der Waals surface area (Å²) >= 11 is 0. The van der Waals surface area contributed by atoms with Crippen LogP contribution >= 0.6 is 0 Å². The van der Waals surface area contributed by atoms with Crippen molar-refractivity contribution in [3.63, 3.8) is 0 Å². The van der Waals surface area contributed by atoms with Crippen LogP contribution < -0.4 is 11.1 Å². The lowest BCUT2D eigenvalue weighted by Gasteiger charge is -2.29. The molecule has 3 unspecified atom stereocenters. The molecule has 0 amide bonds. The zero-order valence-corrected chi connectivity index (χ0v) is 10.2. The molecule has 1 aromatic rings. The van der Waals surface area contributed by atoms with E-state index < -0.39 is 0 Å². The third-order valence-corrected chi connectivity index (χ3v) is 3.43. The second-order valence-corrected chi connectivity index (χ2v) is 4.96. The average Bonchev–Trinajstić information content (AvgIpc) is 2.65. The van der Waals surface area contributed by atoms with Crippen LogP contribution in [-0.4, -0.2) is 21.9 Å². The minimum absolute atomic E-state index is 0.365. The molecular weight excluding hydrogens is 200 g/mol. The average molecular weight is 222 g/mol. The molecule has 3 atom stereocenters. The molecule has 0 spiro atoms.